The lowest BCUT2D eigenvalue weighted by atomic mass is 10.1. The molecular weight excluding hydrogens is 346 g/mol. The third-order valence-corrected chi connectivity index (χ3v) is 4.64. The van der Waals surface area contributed by atoms with E-state index in [1.54, 1.807) is 25.1 Å². The number of nitrogens with zero attached hydrogens (tertiary/aromatic N) is 1. The highest BCUT2D eigenvalue weighted by Gasteiger charge is 2.36. The Bertz CT molecular complexity index is 863. The molecule has 0 N–H and O–H groups in total. The number of fused-ring (bicyclic) bond motifs is 1. The third kappa shape index (κ3) is 3.89. The van der Waals surface area contributed by atoms with Gasteiger partial charge in [-0.05, 0) is 56.2 Å². The van der Waals surface area contributed by atoms with Crippen LogP contribution in [0.3, 0.4) is 0 Å². The second kappa shape index (κ2) is 7.70. The van der Waals surface area contributed by atoms with E-state index in [1.165, 1.54) is 12.0 Å². The summed E-state index contributed by atoms with van der Waals surface area (Å²) >= 11 is 0. The molecule has 0 radical (unpaired) electrons. The van der Waals surface area contributed by atoms with Crippen molar-refractivity contribution >= 4 is 17.6 Å². The minimum Gasteiger partial charge on any atom is -0.481 e. The van der Waals surface area contributed by atoms with Gasteiger partial charge in [0.2, 0.25) is 6.10 Å². The van der Waals surface area contributed by atoms with Gasteiger partial charge >= 0.3 is 5.97 Å². The lowest BCUT2D eigenvalue weighted by molar-refractivity contribution is -0.148. The second-order valence-corrected chi connectivity index (χ2v) is 6.55. The van der Waals surface area contributed by atoms with E-state index in [9.17, 15) is 9.59 Å². The van der Waals surface area contributed by atoms with Gasteiger partial charge in [0.15, 0.2) is 6.10 Å². The van der Waals surface area contributed by atoms with Gasteiger partial charge in [0.1, 0.15) is 11.5 Å². The van der Waals surface area contributed by atoms with Crippen LogP contribution < -0.4 is 14.4 Å². The summed E-state index contributed by atoms with van der Waals surface area (Å²) < 4.78 is 16.3. The van der Waals surface area contributed by atoms with Crippen LogP contribution in [-0.2, 0) is 14.3 Å². The molecule has 1 aliphatic heterocycles. The first kappa shape index (κ1) is 18.8. The summed E-state index contributed by atoms with van der Waals surface area (Å²) in [6, 6.07) is 12.8. The van der Waals surface area contributed by atoms with Crippen molar-refractivity contribution in [1.29, 1.82) is 0 Å². The molecular formula is C21H23NO5. The monoisotopic (exact) mass is 369 g/mol. The zero-order chi connectivity index (χ0) is 19.6. The van der Waals surface area contributed by atoms with Crippen LogP contribution in [0.1, 0.15) is 18.1 Å². The molecule has 0 saturated carbocycles. The average Bonchev–Trinajstić information content (AvgIpc) is 2.68. The van der Waals surface area contributed by atoms with E-state index >= 15 is 0 Å². The predicted molar refractivity (Wildman–Crippen MR) is 101 cm³/mol. The van der Waals surface area contributed by atoms with E-state index in [0.29, 0.717) is 17.2 Å². The number of hydrogen-bond donors (Lipinski definition) is 0. The van der Waals surface area contributed by atoms with Crippen LogP contribution in [0.5, 0.6) is 11.5 Å². The van der Waals surface area contributed by atoms with Crippen LogP contribution in [0.25, 0.3) is 0 Å². The Morgan fingerprint density at radius 3 is 2.59 bits per heavy atom. The fourth-order valence-corrected chi connectivity index (χ4v) is 2.96. The highest BCUT2D eigenvalue weighted by atomic mass is 16.6. The van der Waals surface area contributed by atoms with Crippen LogP contribution in [0.15, 0.2) is 42.5 Å². The first-order valence-corrected chi connectivity index (χ1v) is 8.79. The number of anilines is 1. The van der Waals surface area contributed by atoms with E-state index in [4.69, 9.17) is 14.2 Å². The smallest absolute Gasteiger partial charge is 0.348 e. The largest absolute Gasteiger partial charge is 0.481 e. The SMILES string of the molecule is COC(=O)[C@H]1CN(C(=O)[C@H](C)Oc2ccc(C)c(C)c2)c2ccccc2O1. The molecule has 0 bridgehead atoms. The minimum atomic E-state index is -0.873. The van der Waals surface area contributed by atoms with Gasteiger partial charge in [-0.3, -0.25) is 4.79 Å². The number of benzene rings is 2. The zero-order valence-electron chi connectivity index (χ0n) is 15.9. The van der Waals surface area contributed by atoms with Crippen molar-refractivity contribution in [2.24, 2.45) is 0 Å². The molecule has 6 heteroatoms. The maximum atomic E-state index is 13.1. The van der Waals surface area contributed by atoms with E-state index in [2.05, 4.69) is 0 Å². The molecule has 0 saturated heterocycles. The molecule has 0 aliphatic carbocycles. The molecule has 3 rings (SSSR count). The quantitative estimate of drug-likeness (QED) is 0.775. The molecule has 1 amide bonds. The van der Waals surface area contributed by atoms with Gasteiger partial charge in [0.25, 0.3) is 5.91 Å². The number of ether oxygens (including phenoxy) is 3. The molecule has 2 aromatic rings. The first-order valence-electron chi connectivity index (χ1n) is 8.79. The van der Waals surface area contributed by atoms with Gasteiger partial charge in [-0.2, -0.15) is 0 Å². The van der Waals surface area contributed by atoms with E-state index in [0.717, 1.165) is 11.1 Å². The van der Waals surface area contributed by atoms with Crippen molar-refractivity contribution in [1.82, 2.24) is 0 Å². The Balaban J connectivity index is 1.83. The van der Waals surface area contributed by atoms with E-state index < -0.39 is 18.2 Å². The fourth-order valence-electron chi connectivity index (χ4n) is 2.96. The number of esters is 1. The second-order valence-electron chi connectivity index (χ2n) is 6.55. The Labute approximate surface area is 158 Å². The van der Waals surface area contributed by atoms with Gasteiger partial charge in [-0.15, -0.1) is 0 Å². The number of carbonyl (C=O) groups is 2. The molecule has 142 valence electrons. The number of hydrogen-bond acceptors (Lipinski definition) is 5. The van der Waals surface area contributed by atoms with Crippen LogP contribution in [0, 0.1) is 13.8 Å². The molecule has 27 heavy (non-hydrogen) atoms. The topological polar surface area (TPSA) is 65.1 Å². The van der Waals surface area contributed by atoms with Crippen LogP contribution in [-0.4, -0.2) is 37.7 Å². The minimum absolute atomic E-state index is 0.0726. The number of carbonyl (C=O) groups excluding carboxylic acids is 2. The summed E-state index contributed by atoms with van der Waals surface area (Å²) in [4.78, 5) is 26.5. The molecule has 0 unspecified atom stereocenters. The summed E-state index contributed by atoms with van der Waals surface area (Å²) in [7, 11) is 1.30. The molecule has 1 aliphatic rings. The number of methoxy groups -OCH3 is 1. The Kier molecular flexibility index (Phi) is 5.35. The van der Waals surface area contributed by atoms with Crippen LogP contribution >= 0.6 is 0 Å². The summed E-state index contributed by atoms with van der Waals surface area (Å²) in [5.41, 5.74) is 2.86. The maximum Gasteiger partial charge on any atom is 0.348 e. The molecule has 1 heterocycles. The summed E-state index contributed by atoms with van der Waals surface area (Å²) in [5.74, 6) is 0.318. The molecule has 2 aromatic carbocycles. The van der Waals surface area contributed by atoms with Crippen molar-refractivity contribution < 1.29 is 23.8 Å². The molecule has 0 aromatic heterocycles. The summed E-state index contributed by atoms with van der Waals surface area (Å²) in [6.07, 6.45) is -1.60. The normalized spacial score (nSPS) is 16.7. The molecule has 2 atom stereocenters. The van der Waals surface area contributed by atoms with Gasteiger partial charge in [-0.25, -0.2) is 4.79 Å². The Morgan fingerprint density at radius 2 is 1.89 bits per heavy atom. The first-order chi connectivity index (χ1) is 12.9. The maximum absolute atomic E-state index is 13.1. The molecule has 0 spiro atoms. The van der Waals surface area contributed by atoms with Gasteiger partial charge in [0.05, 0.1) is 19.3 Å². The summed E-state index contributed by atoms with van der Waals surface area (Å²) in [6.45, 7) is 5.78. The molecule has 6 nitrogen and oxygen atoms in total. The van der Waals surface area contributed by atoms with Crippen molar-refractivity contribution in [2.45, 2.75) is 33.0 Å². The van der Waals surface area contributed by atoms with Crippen LogP contribution in [0.4, 0.5) is 5.69 Å². The van der Waals surface area contributed by atoms with E-state index in [-0.39, 0.29) is 12.5 Å². The number of para-hydroxylation sites is 2. The van der Waals surface area contributed by atoms with Crippen LogP contribution in [0.2, 0.25) is 0 Å². The standard InChI is InChI=1S/C21H23NO5/c1-13-9-10-16(11-14(13)2)26-15(3)20(23)22-12-19(21(24)25-4)27-18-8-6-5-7-17(18)22/h5-11,15,19H,12H2,1-4H3/t15-,19+/m0/s1. The lowest BCUT2D eigenvalue weighted by Gasteiger charge is -2.34. The van der Waals surface area contributed by atoms with Gasteiger partial charge in [-0.1, -0.05) is 18.2 Å². The number of rotatable bonds is 4. The van der Waals surface area contributed by atoms with Crippen molar-refractivity contribution in [2.75, 3.05) is 18.6 Å². The van der Waals surface area contributed by atoms with E-state index in [1.807, 2.05) is 38.1 Å². The molecule has 0 fully saturated rings. The summed E-state index contributed by atoms with van der Waals surface area (Å²) in [5, 5.41) is 0. The predicted octanol–water partition coefficient (Wildman–Crippen LogP) is 3.04. The van der Waals surface area contributed by atoms with Crippen molar-refractivity contribution in [3.8, 4) is 11.5 Å². The zero-order valence-corrected chi connectivity index (χ0v) is 15.9. The highest BCUT2D eigenvalue weighted by molar-refractivity contribution is 5.99. The third-order valence-electron chi connectivity index (χ3n) is 4.64. The highest BCUT2D eigenvalue weighted by Crippen LogP contribution is 2.34. The Hall–Kier alpha value is -3.02. The number of aryl methyl sites for hydroxylation is 2. The van der Waals surface area contributed by atoms with Gasteiger partial charge in [0, 0.05) is 0 Å². The van der Waals surface area contributed by atoms with Gasteiger partial charge < -0.3 is 19.1 Å². The number of amides is 1. The van der Waals surface area contributed by atoms with Crippen molar-refractivity contribution in [3.63, 3.8) is 0 Å². The lowest BCUT2D eigenvalue weighted by Crippen LogP contribution is -2.51. The van der Waals surface area contributed by atoms with Crippen molar-refractivity contribution in [3.05, 3.63) is 53.6 Å². The fraction of sp³-hybridized carbons (Fsp3) is 0.333. The average molecular weight is 369 g/mol. The Morgan fingerprint density at radius 1 is 1.15 bits per heavy atom.